The Labute approximate surface area is 57.3 Å². The van der Waals surface area contributed by atoms with Crippen LogP contribution in [0.15, 0.2) is 6.33 Å². The van der Waals surface area contributed by atoms with Crippen molar-refractivity contribution in [3.63, 3.8) is 0 Å². The van der Waals surface area contributed by atoms with E-state index < -0.39 is 12.9 Å². The SMILES string of the molecule is CC(O)n1cnc(CF)n1. The number of aliphatic hydroxyl groups is 1. The van der Waals surface area contributed by atoms with Gasteiger partial charge in [-0.2, -0.15) is 5.10 Å². The van der Waals surface area contributed by atoms with Gasteiger partial charge in [-0.3, -0.25) is 0 Å². The minimum atomic E-state index is -0.743. The number of nitrogens with zero attached hydrogens (tertiary/aromatic N) is 3. The minimum absolute atomic E-state index is 0.0981. The topological polar surface area (TPSA) is 50.9 Å². The monoisotopic (exact) mass is 145 g/mol. The Kier molecular flexibility index (Phi) is 1.96. The van der Waals surface area contributed by atoms with Gasteiger partial charge in [-0.1, -0.05) is 0 Å². The molecule has 1 aromatic rings. The summed E-state index contributed by atoms with van der Waals surface area (Å²) in [4.78, 5) is 3.57. The average molecular weight is 145 g/mol. The van der Waals surface area contributed by atoms with E-state index in [1.807, 2.05) is 0 Å². The summed E-state index contributed by atoms with van der Waals surface area (Å²) in [7, 11) is 0. The third-order valence-electron chi connectivity index (χ3n) is 1.06. The van der Waals surface area contributed by atoms with E-state index in [1.54, 1.807) is 0 Å². The van der Waals surface area contributed by atoms with Crippen molar-refractivity contribution >= 4 is 0 Å². The minimum Gasteiger partial charge on any atom is -0.372 e. The molecule has 0 aliphatic carbocycles. The fourth-order valence-electron chi connectivity index (χ4n) is 0.552. The van der Waals surface area contributed by atoms with Crippen LogP contribution in [0.1, 0.15) is 19.0 Å². The van der Waals surface area contributed by atoms with Crippen LogP contribution in [0.5, 0.6) is 0 Å². The summed E-state index contributed by atoms with van der Waals surface area (Å²) in [5.41, 5.74) is 0. The largest absolute Gasteiger partial charge is 0.372 e. The van der Waals surface area contributed by atoms with Crippen LogP contribution >= 0.6 is 0 Å². The maximum atomic E-state index is 11.8. The number of hydrogen-bond acceptors (Lipinski definition) is 3. The first-order valence-corrected chi connectivity index (χ1v) is 2.88. The van der Waals surface area contributed by atoms with Crippen LogP contribution < -0.4 is 0 Å². The molecule has 1 aromatic heterocycles. The molecule has 0 fully saturated rings. The maximum absolute atomic E-state index is 11.8. The Balaban J connectivity index is 2.78. The smallest absolute Gasteiger partial charge is 0.181 e. The molecular weight excluding hydrogens is 137 g/mol. The van der Waals surface area contributed by atoms with Crippen molar-refractivity contribution in [2.45, 2.75) is 19.8 Å². The van der Waals surface area contributed by atoms with E-state index in [0.717, 1.165) is 0 Å². The zero-order valence-electron chi connectivity index (χ0n) is 5.53. The quantitative estimate of drug-likeness (QED) is 0.649. The second kappa shape index (κ2) is 2.74. The maximum Gasteiger partial charge on any atom is 0.181 e. The van der Waals surface area contributed by atoms with Gasteiger partial charge in [0.1, 0.15) is 12.6 Å². The van der Waals surface area contributed by atoms with Crippen molar-refractivity contribution < 1.29 is 9.50 Å². The van der Waals surface area contributed by atoms with E-state index >= 15 is 0 Å². The Hall–Kier alpha value is -0.970. The van der Waals surface area contributed by atoms with E-state index in [9.17, 15) is 4.39 Å². The van der Waals surface area contributed by atoms with Crippen molar-refractivity contribution in [3.05, 3.63) is 12.2 Å². The van der Waals surface area contributed by atoms with Gasteiger partial charge in [0.05, 0.1) is 0 Å². The molecule has 0 radical (unpaired) electrons. The van der Waals surface area contributed by atoms with Gasteiger partial charge >= 0.3 is 0 Å². The summed E-state index contributed by atoms with van der Waals surface area (Å²) in [5.74, 6) is 0.0981. The van der Waals surface area contributed by atoms with E-state index in [4.69, 9.17) is 5.11 Å². The molecule has 0 aliphatic heterocycles. The van der Waals surface area contributed by atoms with Gasteiger partial charge in [-0.15, -0.1) is 0 Å². The summed E-state index contributed by atoms with van der Waals surface area (Å²) < 4.78 is 13.0. The molecule has 0 amide bonds. The van der Waals surface area contributed by atoms with E-state index in [2.05, 4.69) is 10.1 Å². The molecular formula is C5H8FN3O. The van der Waals surface area contributed by atoms with Crippen molar-refractivity contribution in [1.29, 1.82) is 0 Å². The Bertz CT molecular complexity index is 210. The Morgan fingerprint density at radius 2 is 2.60 bits per heavy atom. The third-order valence-corrected chi connectivity index (χ3v) is 1.06. The summed E-state index contributed by atoms with van der Waals surface area (Å²) in [5, 5.41) is 12.5. The number of aliphatic hydroxyl groups excluding tert-OH is 1. The van der Waals surface area contributed by atoms with Crippen LogP contribution in [-0.2, 0) is 6.67 Å². The van der Waals surface area contributed by atoms with Gasteiger partial charge in [-0.25, -0.2) is 14.1 Å². The number of rotatable bonds is 2. The molecule has 0 saturated heterocycles. The van der Waals surface area contributed by atoms with Crippen molar-refractivity contribution in [1.82, 2.24) is 14.8 Å². The molecule has 1 atom stereocenters. The summed E-state index contributed by atoms with van der Waals surface area (Å²) in [6.07, 6.45) is 0.548. The molecule has 1 unspecified atom stereocenters. The predicted octanol–water partition coefficient (Wildman–Crippen LogP) is 0.258. The standard InChI is InChI=1S/C5H8FN3O/c1-4(10)9-3-7-5(2-6)8-9/h3-4,10H,2H2,1H3. The van der Waals surface area contributed by atoms with Crippen LogP contribution in [0, 0.1) is 0 Å². The lowest BCUT2D eigenvalue weighted by Gasteiger charge is -2.00. The van der Waals surface area contributed by atoms with Crippen LogP contribution in [0.25, 0.3) is 0 Å². The van der Waals surface area contributed by atoms with Crippen molar-refractivity contribution in [3.8, 4) is 0 Å². The fraction of sp³-hybridized carbons (Fsp3) is 0.600. The van der Waals surface area contributed by atoms with E-state index in [1.165, 1.54) is 17.9 Å². The van der Waals surface area contributed by atoms with Crippen LogP contribution in [0.2, 0.25) is 0 Å². The molecule has 5 heteroatoms. The molecule has 0 saturated carbocycles. The summed E-state index contributed by atoms with van der Waals surface area (Å²) >= 11 is 0. The normalized spacial score (nSPS) is 13.5. The number of aromatic nitrogens is 3. The lowest BCUT2D eigenvalue weighted by Crippen LogP contribution is -2.04. The van der Waals surface area contributed by atoms with Gasteiger partial charge in [0.25, 0.3) is 0 Å². The molecule has 1 rings (SSSR count). The van der Waals surface area contributed by atoms with Gasteiger partial charge in [0, 0.05) is 0 Å². The molecule has 56 valence electrons. The van der Waals surface area contributed by atoms with Crippen molar-refractivity contribution in [2.24, 2.45) is 0 Å². The molecule has 1 heterocycles. The van der Waals surface area contributed by atoms with E-state index in [-0.39, 0.29) is 5.82 Å². The van der Waals surface area contributed by atoms with Crippen LogP contribution in [0.3, 0.4) is 0 Å². The highest BCUT2D eigenvalue weighted by molar-refractivity contribution is 4.77. The van der Waals surface area contributed by atoms with Gasteiger partial charge in [0.2, 0.25) is 0 Å². The van der Waals surface area contributed by atoms with Gasteiger partial charge < -0.3 is 5.11 Å². The lowest BCUT2D eigenvalue weighted by molar-refractivity contribution is 0.109. The Morgan fingerprint density at radius 1 is 1.90 bits per heavy atom. The first kappa shape index (κ1) is 7.14. The van der Waals surface area contributed by atoms with E-state index in [0.29, 0.717) is 0 Å². The fourth-order valence-corrected chi connectivity index (χ4v) is 0.552. The zero-order chi connectivity index (χ0) is 7.56. The number of hydrogen-bond donors (Lipinski definition) is 1. The van der Waals surface area contributed by atoms with Crippen LogP contribution in [-0.4, -0.2) is 19.9 Å². The number of halogens is 1. The highest BCUT2D eigenvalue weighted by atomic mass is 19.1. The second-order valence-corrected chi connectivity index (χ2v) is 1.91. The molecule has 4 nitrogen and oxygen atoms in total. The molecule has 0 aliphatic rings. The summed E-state index contributed by atoms with van der Waals surface area (Å²) in [6.45, 7) is 0.830. The molecule has 10 heavy (non-hydrogen) atoms. The van der Waals surface area contributed by atoms with Gasteiger partial charge in [0.15, 0.2) is 12.5 Å². The zero-order valence-corrected chi connectivity index (χ0v) is 5.53. The van der Waals surface area contributed by atoms with Crippen LogP contribution in [0.4, 0.5) is 4.39 Å². The summed E-state index contributed by atoms with van der Waals surface area (Å²) in [6, 6.07) is 0. The highest BCUT2D eigenvalue weighted by Crippen LogP contribution is 1.98. The first-order chi connectivity index (χ1) is 4.74. The second-order valence-electron chi connectivity index (χ2n) is 1.91. The van der Waals surface area contributed by atoms with Gasteiger partial charge in [-0.05, 0) is 6.92 Å². The molecule has 0 spiro atoms. The third kappa shape index (κ3) is 1.30. The Morgan fingerprint density at radius 3 is 2.90 bits per heavy atom. The molecule has 1 N–H and O–H groups in total. The average Bonchev–Trinajstić information content (AvgIpc) is 2.34. The number of alkyl halides is 1. The lowest BCUT2D eigenvalue weighted by atomic mass is 10.7. The first-order valence-electron chi connectivity index (χ1n) is 2.88. The van der Waals surface area contributed by atoms with Crippen molar-refractivity contribution in [2.75, 3.05) is 0 Å². The predicted molar refractivity (Wildman–Crippen MR) is 31.8 cm³/mol. The highest BCUT2D eigenvalue weighted by Gasteiger charge is 2.02. The molecule has 0 bridgehead atoms. The molecule has 0 aromatic carbocycles.